The van der Waals surface area contributed by atoms with Crippen molar-refractivity contribution in [2.24, 2.45) is 5.10 Å². The van der Waals surface area contributed by atoms with E-state index in [2.05, 4.69) is 15.8 Å². The third kappa shape index (κ3) is 6.41. The molecule has 2 rings (SSSR count). The highest BCUT2D eigenvalue weighted by atomic mass is 127. The molecule has 0 aliphatic rings. The first-order valence-electron chi connectivity index (χ1n) is 8.19. The standard InChI is InChI=1S/C19H20IN3O5/c1-11-4-12(2)6-14(5-11)22-19(26)23-21-9-13-7-15(20)18(16(8-13)27-3)28-10-17(24)25/h4-9H,10H2,1-3H3,(H,24,25)(H2,22,23,26)/b21-9+. The molecule has 148 valence electrons. The number of halogens is 1. The summed E-state index contributed by atoms with van der Waals surface area (Å²) >= 11 is 2.01. The molecule has 2 aromatic rings. The molecule has 0 unspecified atom stereocenters. The van der Waals surface area contributed by atoms with Crippen LogP contribution in [0.2, 0.25) is 0 Å². The van der Waals surface area contributed by atoms with Crippen LogP contribution >= 0.6 is 22.6 Å². The molecule has 3 N–H and O–H groups in total. The zero-order valence-corrected chi connectivity index (χ0v) is 17.7. The van der Waals surface area contributed by atoms with E-state index in [1.54, 1.807) is 12.1 Å². The van der Waals surface area contributed by atoms with Crippen LogP contribution in [0.5, 0.6) is 11.5 Å². The number of rotatable bonds is 7. The summed E-state index contributed by atoms with van der Waals surface area (Å²) in [6.45, 7) is 3.43. The van der Waals surface area contributed by atoms with Crippen molar-refractivity contribution < 1.29 is 24.2 Å². The summed E-state index contributed by atoms with van der Waals surface area (Å²) in [5, 5.41) is 15.4. The molecule has 9 heteroatoms. The number of hydrazone groups is 1. The van der Waals surface area contributed by atoms with Crippen molar-refractivity contribution in [2.75, 3.05) is 19.0 Å². The van der Waals surface area contributed by atoms with E-state index >= 15 is 0 Å². The Kier molecular flexibility index (Phi) is 7.61. The second-order valence-electron chi connectivity index (χ2n) is 5.92. The number of anilines is 1. The summed E-state index contributed by atoms with van der Waals surface area (Å²) in [6, 6.07) is 8.63. The van der Waals surface area contributed by atoms with E-state index in [0.717, 1.165) is 11.1 Å². The van der Waals surface area contributed by atoms with Crippen LogP contribution in [0.15, 0.2) is 35.4 Å². The van der Waals surface area contributed by atoms with Crippen LogP contribution in [0.3, 0.4) is 0 Å². The lowest BCUT2D eigenvalue weighted by Crippen LogP contribution is -2.24. The summed E-state index contributed by atoms with van der Waals surface area (Å²) in [5.74, 6) is -0.375. The Bertz CT molecular complexity index is 894. The predicted octanol–water partition coefficient (Wildman–Crippen LogP) is 3.54. The van der Waals surface area contributed by atoms with Crippen LogP contribution in [-0.2, 0) is 4.79 Å². The molecule has 0 bridgehead atoms. The molecule has 0 aromatic heterocycles. The van der Waals surface area contributed by atoms with Crippen molar-refractivity contribution in [3.63, 3.8) is 0 Å². The number of aliphatic carboxylic acids is 1. The van der Waals surface area contributed by atoms with E-state index < -0.39 is 18.6 Å². The van der Waals surface area contributed by atoms with Gasteiger partial charge >= 0.3 is 12.0 Å². The van der Waals surface area contributed by atoms with E-state index in [0.29, 0.717) is 26.3 Å². The number of nitrogens with zero attached hydrogens (tertiary/aromatic N) is 1. The second kappa shape index (κ2) is 9.93. The average Bonchev–Trinajstić information content (AvgIpc) is 2.59. The van der Waals surface area contributed by atoms with Crippen LogP contribution in [0, 0.1) is 17.4 Å². The minimum atomic E-state index is -1.08. The maximum absolute atomic E-state index is 12.0. The van der Waals surface area contributed by atoms with Gasteiger partial charge < -0.3 is 19.9 Å². The molecule has 0 fully saturated rings. The molecule has 0 radical (unpaired) electrons. The summed E-state index contributed by atoms with van der Waals surface area (Å²) in [6.07, 6.45) is 1.45. The van der Waals surface area contributed by atoms with Gasteiger partial charge in [-0.1, -0.05) is 6.07 Å². The number of carbonyl (C=O) groups excluding carboxylic acids is 1. The fourth-order valence-electron chi connectivity index (χ4n) is 2.46. The average molecular weight is 497 g/mol. The number of carboxylic acid groups (broad SMARTS) is 1. The molecule has 2 amide bonds. The third-order valence-electron chi connectivity index (χ3n) is 3.45. The highest BCUT2D eigenvalue weighted by molar-refractivity contribution is 14.1. The Morgan fingerprint density at radius 1 is 1.18 bits per heavy atom. The number of ether oxygens (including phenoxy) is 2. The first-order chi connectivity index (χ1) is 13.3. The summed E-state index contributed by atoms with van der Waals surface area (Å²) < 4.78 is 11.1. The third-order valence-corrected chi connectivity index (χ3v) is 4.25. The fraction of sp³-hybridized carbons (Fsp3) is 0.211. The van der Waals surface area contributed by atoms with Gasteiger partial charge in [-0.05, 0) is 77.4 Å². The Labute approximate surface area is 176 Å². The van der Waals surface area contributed by atoms with Gasteiger partial charge in [0.25, 0.3) is 0 Å². The number of urea groups is 1. The van der Waals surface area contributed by atoms with E-state index in [1.807, 2.05) is 54.6 Å². The Morgan fingerprint density at radius 2 is 1.86 bits per heavy atom. The Balaban J connectivity index is 2.03. The summed E-state index contributed by atoms with van der Waals surface area (Å²) in [4.78, 5) is 22.7. The predicted molar refractivity (Wildman–Crippen MR) is 115 cm³/mol. The Morgan fingerprint density at radius 3 is 2.46 bits per heavy atom. The van der Waals surface area contributed by atoms with Gasteiger partial charge in [0.1, 0.15) is 0 Å². The second-order valence-corrected chi connectivity index (χ2v) is 7.08. The molecular formula is C19H20IN3O5. The van der Waals surface area contributed by atoms with Crippen LogP contribution in [0.25, 0.3) is 0 Å². The number of hydrogen-bond donors (Lipinski definition) is 3. The summed E-state index contributed by atoms with van der Waals surface area (Å²) in [5.41, 5.74) is 5.82. The van der Waals surface area contributed by atoms with Crippen molar-refractivity contribution in [2.45, 2.75) is 13.8 Å². The lowest BCUT2D eigenvalue weighted by molar-refractivity contribution is -0.139. The molecule has 2 aromatic carbocycles. The molecule has 0 heterocycles. The van der Waals surface area contributed by atoms with Crippen molar-refractivity contribution >= 4 is 46.5 Å². The molecule has 28 heavy (non-hydrogen) atoms. The zero-order chi connectivity index (χ0) is 20.7. The monoisotopic (exact) mass is 497 g/mol. The van der Waals surface area contributed by atoms with E-state index in [9.17, 15) is 9.59 Å². The number of nitrogens with one attached hydrogen (secondary N) is 2. The molecule has 8 nitrogen and oxygen atoms in total. The van der Waals surface area contributed by atoms with Crippen molar-refractivity contribution in [3.8, 4) is 11.5 Å². The van der Waals surface area contributed by atoms with Crippen LogP contribution in [-0.4, -0.2) is 37.0 Å². The molecule has 0 atom stereocenters. The number of carbonyl (C=O) groups is 2. The Hall–Kier alpha value is -2.82. The van der Waals surface area contributed by atoms with Gasteiger partial charge in [0, 0.05) is 5.69 Å². The van der Waals surface area contributed by atoms with Gasteiger partial charge in [0.2, 0.25) is 0 Å². The largest absolute Gasteiger partial charge is 0.493 e. The highest BCUT2D eigenvalue weighted by Gasteiger charge is 2.12. The van der Waals surface area contributed by atoms with Crippen LogP contribution in [0.1, 0.15) is 16.7 Å². The number of benzene rings is 2. The number of hydrogen-bond acceptors (Lipinski definition) is 5. The van der Waals surface area contributed by atoms with Crippen molar-refractivity contribution in [1.29, 1.82) is 0 Å². The normalized spacial score (nSPS) is 10.6. The summed E-state index contributed by atoms with van der Waals surface area (Å²) in [7, 11) is 1.45. The first-order valence-corrected chi connectivity index (χ1v) is 9.27. The van der Waals surface area contributed by atoms with E-state index in [1.165, 1.54) is 13.3 Å². The minimum absolute atomic E-state index is 0.336. The van der Waals surface area contributed by atoms with Gasteiger partial charge in [-0.3, -0.25) is 0 Å². The molecule has 0 saturated heterocycles. The maximum Gasteiger partial charge on any atom is 0.341 e. The first kappa shape index (κ1) is 21.5. The zero-order valence-electron chi connectivity index (χ0n) is 15.6. The number of aryl methyl sites for hydroxylation is 2. The van der Waals surface area contributed by atoms with Crippen molar-refractivity contribution in [3.05, 3.63) is 50.6 Å². The SMILES string of the molecule is COc1cc(/C=N/NC(=O)Nc2cc(C)cc(C)c2)cc(I)c1OCC(=O)O. The molecule has 0 spiro atoms. The van der Waals surface area contributed by atoms with Gasteiger partial charge in [-0.15, -0.1) is 0 Å². The van der Waals surface area contributed by atoms with Crippen LogP contribution in [0.4, 0.5) is 10.5 Å². The number of amides is 2. The molecule has 0 aliphatic carbocycles. The lowest BCUT2D eigenvalue weighted by atomic mass is 10.1. The number of carboxylic acids is 1. The number of methoxy groups -OCH3 is 1. The van der Waals surface area contributed by atoms with Gasteiger partial charge in [0.05, 0.1) is 16.9 Å². The smallest absolute Gasteiger partial charge is 0.341 e. The molecular weight excluding hydrogens is 477 g/mol. The van der Waals surface area contributed by atoms with Crippen molar-refractivity contribution in [1.82, 2.24) is 5.43 Å². The lowest BCUT2D eigenvalue weighted by Gasteiger charge is -2.12. The highest BCUT2D eigenvalue weighted by Crippen LogP contribution is 2.33. The van der Waals surface area contributed by atoms with Gasteiger partial charge in [-0.2, -0.15) is 5.10 Å². The van der Waals surface area contributed by atoms with E-state index in [4.69, 9.17) is 14.6 Å². The topological polar surface area (TPSA) is 109 Å². The maximum atomic E-state index is 12.0. The molecule has 0 aliphatic heterocycles. The quantitative estimate of drug-likeness (QED) is 0.308. The van der Waals surface area contributed by atoms with Crippen LogP contribution < -0.4 is 20.2 Å². The van der Waals surface area contributed by atoms with E-state index in [-0.39, 0.29) is 0 Å². The minimum Gasteiger partial charge on any atom is -0.493 e. The fourth-order valence-corrected chi connectivity index (χ4v) is 3.24. The van der Waals surface area contributed by atoms with Gasteiger partial charge in [-0.25, -0.2) is 15.0 Å². The molecule has 0 saturated carbocycles. The van der Waals surface area contributed by atoms with Gasteiger partial charge in [0.15, 0.2) is 18.1 Å².